The molecule has 1 atom stereocenters. The predicted octanol–water partition coefficient (Wildman–Crippen LogP) is 3.76. The minimum absolute atomic E-state index is 0.0360. The fourth-order valence-electron chi connectivity index (χ4n) is 3.61. The van der Waals surface area contributed by atoms with Crippen LogP contribution >= 0.6 is 11.3 Å². The smallest absolute Gasteiger partial charge is 0.234 e. The summed E-state index contributed by atoms with van der Waals surface area (Å²) in [4.78, 5) is 19.6. The summed E-state index contributed by atoms with van der Waals surface area (Å²) < 4.78 is 6.55. The Balaban J connectivity index is 1.39. The zero-order valence-corrected chi connectivity index (χ0v) is 16.2. The summed E-state index contributed by atoms with van der Waals surface area (Å²) in [5, 5.41) is 4.14. The second-order valence-corrected chi connectivity index (χ2v) is 7.80. The minimum atomic E-state index is 0.0360. The molecule has 1 N–H and O–H groups in total. The predicted molar refractivity (Wildman–Crippen MR) is 108 cm³/mol. The van der Waals surface area contributed by atoms with Crippen molar-refractivity contribution in [3.8, 4) is 5.75 Å². The molecule has 0 saturated carbocycles. The van der Waals surface area contributed by atoms with Crippen LogP contribution < -0.4 is 10.1 Å². The lowest BCUT2D eigenvalue weighted by atomic mass is 10.2. The lowest BCUT2D eigenvalue weighted by Gasteiger charge is -2.22. The molecule has 5 nitrogen and oxygen atoms in total. The van der Waals surface area contributed by atoms with Gasteiger partial charge in [-0.3, -0.25) is 9.69 Å². The number of hydrogen-bond donors (Lipinski definition) is 1. The van der Waals surface area contributed by atoms with Gasteiger partial charge in [0.1, 0.15) is 10.8 Å². The molecule has 0 unspecified atom stereocenters. The number of benzene rings is 2. The summed E-state index contributed by atoms with van der Waals surface area (Å²) in [7, 11) is 1.65. The van der Waals surface area contributed by atoms with Gasteiger partial charge in [0.05, 0.1) is 29.9 Å². The standard InChI is InChI=1S/C21H23N3O2S/c1-26-18-10-4-2-7-15(18)13-22-20(25)14-24-12-6-9-17(24)21-23-16-8-3-5-11-19(16)27-21/h2-5,7-8,10-11,17H,6,9,12-14H2,1H3,(H,22,25)/t17-/m1/s1. The third kappa shape index (κ3) is 3.96. The van der Waals surface area contributed by atoms with Crippen LogP contribution in [0.25, 0.3) is 10.2 Å². The number of aromatic nitrogens is 1. The van der Waals surface area contributed by atoms with Crippen LogP contribution in [0, 0.1) is 0 Å². The summed E-state index contributed by atoms with van der Waals surface area (Å²) in [5.74, 6) is 0.834. The van der Waals surface area contributed by atoms with E-state index in [9.17, 15) is 4.79 Å². The number of likely N-dealkylation sites (tertiary alicyclic amines) is 1. The summed E-state index contributed by atoms with van der Waals surface area (Å²) >= 11 is 1.74. The monoisotopic (exact) mass is 381 g/mol. The first-order valence-corrected chi connectivity index (χ1v) is 10.0. The van der Waals surface area contributed by atoms with Gasteiger partial charge in [-0.15, -0.1) is 11.3 Å². The first kappa shape index (κ1) is 17.9. The van der Waals surface area contributed by atoms with Crippen molar-refractivity contribution in [1.29, 1.82) is 0 Å². The number of carbonyl (C=O) groups is 1. The van der Waals surface area contributed by atoms with Gasteiger partial charge in [0.25, 0.3) is 0 Å². The van der Waals surface area contributed by atoms with Crippen LogP contribution in [0.4, 0.5) is 0 Å². The third-order valence-corrected chi connectivity index (χ3v) is 6.11. The number of carbonyl (C=O) groups excluding carboxylic acids is 1. The number of nitrogens with one attached hydrogen (secondary N) is 1. The SMILES string of the molecule is COc1ccccc1CNC(=O)CN1CCC[C@@H]1c1nc2ccccc2s1. The molecule has 1 fully saturated rings. The fraction of sp³-hybridized carbons (Fsp3) is 0.333. The van der Waals surface area contributed by atoms with Crippen LogP contribution in [0.5, 0.6) is 5.75 Å². The lowest BCUT2D eigenvalue weighted by molar-refractivity contribution is -0.122. The molecule has 6 heteroatoms. The minimum Gasteiger partial charge on any atom is -0.496 e. The van der Waals surface area contributed by atoms with Crippen molar-refractivity contribution in [2.45, 2.75) is 25.4 Å². The Morgan fingerprint density at radius 3 is 2.93 bits per heavy atom. The number of fused-ring (bicyclic) bond motifs is 1. The Labute approximate surface area is 163 Å². The van der Waals surface area contributed by atoms with Crippen molar-refractivity contribution in [1.82, 2.24) is 15.2 Å². The number of nitrogens with zero attached hydrogens (tertiary/aromatic N) is 2. The van der Waals surface area contributed by atoms with Crippen molar-refractivity contribution in [3.05, 3.63) is 59.1 Å². The van der Waals surface area contributed by atoms with E-state index in [0.29, 0.717) is 13.1 Å². The highest BCUT2D eigenvalue weighted by molar-refractivity contribution is 7.18. The summed E-state index contributed by atoms with van der Waals surface area (Å²) in [6.45, 7) is 1.81. The van der Waals surface area contributed by atoms with Crippen molar-refractivity contribution in [2.24, 2.45) is 0 Å². The topological polar surface area (TPSA) is 54.5 Å². The molecule has 3 aromatic rings. The highest BCUT2D eigenvalue weighted by Crippen LogP contribution is 2.36. The zero-order chi connectivity index (χ0) is 18.6. The van der Waals surface area contributed by atoms with Crippen LogP contribution in [-0.4, -0.2) is 36.0 Å². The highest BCUT2D eigenvalue weighted by Gasteiger charge is 2.30. The molecule has 0 aliphatic carbocycles. The van der Waals surface area contributed by atoms with E-state index in [1.165, 1.54) is 4.70 Å². The Morgan fingerprint density at radius 2 is 2.07 bits per heavy atom. The Bertz CT molecular complexity index is 907. The molecule has 0 spiro atoms. The first-order chi connectivity index (χ1) is 13.2. The van der Waals surface area contributed by atoms with E-state index in [-0.39, 0.29) is 11.9 Å². The maximum atomic E-state index is 12.5. The van der Waals surface area contributed by atoms with Crippen molar-refractivity contribution >= 4 is 27.5 Å². The molecule has 27 heavy (non-hydrogen) atoms. The van der Waals surface area contributed by atoms with E-state index in [4.69, 9.17) is 9.72 Å². The Kier molecular flexibility index (Phi) is 5.36. The molecular weight excluding hydrogens is 358 g/mol. The van der Waals surface area contributed by atoms with E-state index in [0.717, 1.165) is 41.2 Å². The lowest BCUT2D eigenvalue weighted by Crippen LogP contribution is -2.36. The third-order valence-electron chi connectivity index (χ3n) is 4.97. The van der Waals surface area contributed by atoms with Crippen LogP contribution in [0.15, 0.2) is 48.5 Å². The number of thiazole rings is 1. The molecule has 0 radical (unpaired) electrons. The zero-order valence-electron chi connectivity index (χ0n) is 15.4. The van der Waals surface area contributed by atoms with Gasteiger partial charge in [-0.25, -0.2) is 4.98 Å². The van der Waals surface area contributed by atoms with Crippen LogP contribution in [-0.2, 0) is 11.3 Å². The van der Waals surface area contributed by atoms with Crippen LogP contribution in [0.2, 0.25) is 0 Å². The number of hydrogen-bond acceptors (Lipinski definition) is 5. The fourth-order valence-corrected chi connectivity index (χ4v) is 4.75. The Morgan fingerprint density at radius 1 is 1.26 bits per heavy atom. The molecule has 1 amide bonds. The van der Waals surface area contributed by atoms with Gasteiger partial charge in [-0.1, -0.05) is 30.3 Å². The number of para-hydroxylation sites is 2. The summed E-state index contributed by atoms with van der Waals surface area (Å²) in [6.07, 6.45) is 2.15. The second kappa shape index (κ2) is 8.06. The van der Waals surface area contributed by atoms with E-state index in [2.05, 4.69) is 22.3 Å². The highest BCUT2D eigenvalue weighted by atomic mass is 32.1. The maximum absolute atomic E-state index is 12.5. The Hall–Kier alpha value is -2.44. The van der Waals surface area contributed by atoms with Gasteiger partial charge in [0, 0.05) is 12.1 Å². The normalized spacial score (nSPS) is 17.3. The maximum Gasteiger partial charge on any atom is 0.234 e. The molecule has 2 heterocycles. The average Bonchev–Trinajstić information content (AvgIpc) is 3.32. The molecule has 140 valence electrons. The van der Waals surface area contributed by atoms with Gasteiger partial charge in [-0.05, 0) is 37.6 Å². The first-order valence-electron chi connectivity index (χ1n) is 9.22. The van der Waals surface area contributed by atoms with E-state index >= 15 is 0 Å². The van der Waals surface area contributed by atoms with Crippen molar-refractivity contribution in [3.63, 3.8) is 0 Å². The van der Waals surface area contributed by atoms with Crippen LogP contribution in [0.3, 0.4) is 0 Å². The molecule has 1 aliphatic rings. The van der Waals surface area contributed by atoms with Crippen LogP contribution in [0.1, 0.15) is 29.5 Å². The quantitative estimate of drug-likeness (QED) is 0.706. The number of rotatable bonds is 6. The molecular formula is C21H23N3O2S. The van der Waals surface area contributed by atoms with E-state index < -0.39 is 0 Å². The van der Waals surface area contributed by atoms with E-state index in [1.54, 1.807) is 18.4 Å². The number of methoxy groups -OCH3 is 1. The van der Waals surface area contributed by atoms with Crippen molar-refractivity contribution < 1.29 is 9.53 Å². The number of amides is 1. The van der Waals surface area contributed by atoms with Gasteiger partial charge < -0.3 is 10.1 Å². The molecule has 2 aromatic carbocycles. The van der Waals surface area contributed by atoms with Gasteiger partial charge >= 0.3 is 0 Å². The van der Waals surface area contributed by atoms with Gasteiger partial charge in [0.15, 0.2) is 0 Å². The summed E-state index contributed by atoms with van der Waals surface area (Å²) in [6, 6.07) is 16.2. The number of ether oxygens (including phenoxy) is 1. The van der Waals surface area contributed by atoms with Gasteiger partial charge in [-0.2, -0.15) is 0 Å². The molecule has 1 saturated heterocycles. The molecule has 4 rings (SSSR count). The largest absolute Gasteiger partial charge is 0.496 e. The average molecular weight is 382 g/mol. The molecule has 1 aliphatic heterocycles. The molecule has 1 aromatic heterocycles. The van der Waals surface area contributed by atoms with E-state index in [1.807, 2.05) is 36.4 Å². The molecule has 0 bridgehead atoms. The summed E-state index contributed by atoms with van der Waals surface area (Å²) in [5.41, 5.74) is 2.03. The van der Waals surface area contributed by atoms with Gasteiger partial charge in [0.2, 0.25) is 5.91 Å². The second-order valence-electron chi connectivity index (χ2n) is 6.74. The van der Waals surface area contributed by atoms with Crippen molar-refractivity contribution in [2.75, 3.05) is 20.2 Å².